The highest BCUT2D eigenvalue weighted by molar-refractivity contribution is 5.84. The first-order valence-electron chi connectivity index (χ1n) is 6.83. The third-order valence-electron chi connectivity index (χ3n) is 2.06. The molecule has 0 aliphatic rings. The van der Waals surface area contributed by atoms with Gasteiger partial charge in [0, 0.05) is 0 Å². The molecule has 0 radical (unpaired) electrons. The summed E-state index contributed by atoms with van der Waals surface area (Å²) < 4.78 is 14.8. The molecule has 0 bridgehead atoms. The highest BCUT2D eigenvalue weighted by Gasteiger charge is 2.26. The lowest BCUT2D eigenvalue weighted by Gasteiger charge is -2.22. The fourth-order valence-corrected chi connectivity index (χ4v) is 1.20. The smallest absolute Gasteiger partial charge is 0.408 e. The Morgan fingerprint density at radius 2 is 1.43 bits per heavy atom. The molecule has 0 heterocycles. The number of nitrogens with one attached hydrogen (secondary N) is 1. The van der Waals surface area contributed by atoms with E-state index in [9.17, 15) is 14.4 Å². The van der Waals surface area contributed by atoms with E-state index in [2.05, 4.69) is 5.32 Å². The number of amides is 1. The number of ether oxygens (including phenoxy) is 3. The van der Waals surface area contributed by atoms with E-state index in [4.69, 9.17) is 14.2 Å². The van der Waals surface area contributed by atoms with E-state index in [0.717, 1.165) is 0 Å². The first-order chi connectivity index (χ1) is 9.42. The molecule has 0 aromatic rings. The van der Waals surface area contributed by atoms with Crippen molar-refractivity contribution < 1.29 is 28.6 Å². The van der Waals surface area contributed by atoms with Crippen molar-refractivity contribution in [3.8, 4) is 0 Å². The largest absolute Gasteiger partial charge is 0.460 e. The summed E-state index contributed by atoms with van der Waals surface area (Å²) in [4.78, 5) is 34.8. The molecule has 1 N–H and O–H groups in total. The molecule has 0 aromatic carbocycles. The second kappa shape index (κ2) is 7.85. The van der Waals surface area contributed by atoms with E-state index >= 15 is 0 Å². The summed E-state index contributed by atoms with van der Waals surface area (Å²) in [7, 11) is 0. The summed E-state index contributed by atoms with van der Waals surface area (Å²) in [6.45, 7) is 11.4. The van der Waals surface area contributed by atoms with Crippen molar-refractivity contribution in [2.75, 3.05) is 0 Å². The van der Waals surface area contributed by atoms with Gasteiger partial charge in [0.25, 0.3) is 0 Å². The number of hydrogen-bond donors (Lipinski definition) is 1. The van der Waals surface area contributed by atoms with Crippen LogP contribution in [0.3, 0.4) is 0 Å². The SMILES string of the molecule is CC(C)OC(=O)[C@H](C)OC(=O)[C@H](C)NC(=O)OC(C)(C)C. The number of esters is 2. The lowest BCUT2D eigenvalue weighted by atomic mass is 10.2. The Balaban J connectivity index is 4.33. The maximum absolute atomic E-state index is 11.7. The van der Waals surface area contributed by atoms with Gasteiger partial charge >= 0.3 is 18.0 Å². The third-order valence-corrected chi connectivity index (χ3v) is 2.06. The summed E-state index contributed by atoms with van der Waals surface area (Å²) in [6.07, 6.45) is -2.07. The monoisotopic (exact) mass is 303 g/mol. The average Bonchev–Trinajstić information content (AvgIpc) is 2.24. The second-order valence-corrected chi connectivity index (χ2v) is 5.93. The standard InChI is InChI=1S/C14H25NO6/c1-8(2)19-12(17)10(4)20-11(16)9(3)15-13(18)21-14(5,6)7/h8-10H,1-7H3,(H,15,18)/t9-,10-/m0/s1. The summed E-state index contributed by atoms with van der Waals surface area (Å²) in [5.74, 6) is -1.38. The van der Waals surface area contributed by atoms with Crippen LogP contribution in [0.25, 0.3) is 0 Å². The van der Waals surface area contributed by atoms with Crippen LogP contribution in [0.5, 0.6) is 0 Å². The maximum atomic E-state index is 11.7. The number of carbonyl (C=O) groups excluding carboxylic acids is 3. The van der Waals surface area contributed by atoms with Crippen LogP contribution in [-0.4, -0.2) is 41.9 Å². The molecule has 0 aliphatic carbocycles. The molecular weight excluding hydrogens is 278 g/mol. The average molecular weight is 303 g/mol. The maximum Gasteiger partial charge on any atom is 0.408 e. The fraction of sp³-hybridized carbons (Fsp3) is 0.786. The molecule has 7 nitrogen and oxygen atoms in total. The van der Waals surface area contributed by atoms with Gasteiger partial charge in [-0.2, -0.15) is 0 Å². The van der Waals surface area contributed by atoms with E-state index in [1.807, 2.05) is 0 Å². The van der Waals surface area contributed by atoms with Gasteiger partial charge < -0.3 is 19.5 Å². The predicted octanol–water partition coefficient (Wildman–Crippen LogP) is 1.78. The van der Waals surface area contributed by atoms with Gasteiger partial charge in [0.1, 0.15) is 11.6 Å². The van der Waals surface area contributed by atoms with E-state index in [1.165, 1.54) is 13.8 Å². The van der Waals surface area contributed by atoms with E-state index in [0.29, 0.717) is 0 Å². The Morgan fingerprint density at radius 1 is 0.905 bits per heavy atom. The second-order valence-electron chi connectivity index (χ2n) is 5.93. The molecule has 0 saturated heterocycles. The number of carbonyl (C=O) groups is 3. The van der Waals surface area contributed by atoms with Crippen LogP contribution >= 0.6 is 0 Å². The fourth-order valence-electron chi connectivity index (χ4n) is 1.20. The number of hydrogen-bond acceptors (Lipinski definition) is 6. The van der Waals surface area contributed by atoms with Gasteiger partial charge in [-0.15, -0.1) is 0 Å². The van der Waals surface area contributed by atoms with Crippen LogP contribution in [0.4, 0.5) is 4.79 Å². The quantitative estimate of drug-likeness (QED) is 0.615. The number of rotatable bonds is 5. The first kappa shape index (κ1) is 19.2. The Morgan fingerprint density at radius 3 is 1.86 bits per heavy atom. The molecule has 0 saturated carbocycles. The highest BCUT2D eigenvalue weighted by atomic mass is 16.6. The van der Waals surface area contributed by atoms with Gasteiger partial charge in [-0.3, -0.25) is 0 Å². The van der Waals surface area contributed by atoms with Crippen molar-refractivity contribution in [3.63, 3.8) is 0 Å². The van der Waals surface area contributed by atoms with Crippen LogP contribution < -0.4 is 5.32 Å². The first-order valence-corrected chi connectivity index (χ1v) is 6.83. The van der Waals surface area contributed by atoms with Crippen molar-refractivity contribution in [1.82, 2.24) is 5.32 Å². The van der Waals surface area contributed by atoms with Crippen molar-refractivity contribution in [1.29, 1.82) is 0 Å². The lowest BCUT2D eigenvalue weighted by Crippen LogP contribution is -2.44. The molecule has 2 atom stereocenters. The van der Waals surface area contributed by atoms with Crippen molar-refractivity contribution in [2.45, 2.75) is 72.3 Å². The van der Waals surface area contributed by atoms with Gasteiger partial charge in [0.2, 0.25) is 0 Å². The zero-order valence-electron chi connectivity index (χ0n) is 13.7. The summed E-state index contributed by atoms with van der Waals surface area (Å²) in [6, 6.07) is -0.936. The van der Waals surface area contributed by atoms with Crippen LogP contribution in [0.15, 0.2) is 0 Å². The molecule has 0 unspecified atom stereocenters. The highest BCUT2D eigenvalue weighted by Crippen LogP contribution is 2.07. The normalized spacial score (nSPS) is 14.1. The van der Waals surface area contributed by atoms with Gasteiger partial charge in [0.05, 0.1) is 6.10 Å². The van der Waals surface area contributed by atoms with Crippen molar-refractivity contribution >= 4 is 18.0 Å². The van der Waals surface area contributed by atoms with E-state index in [-0.39, 0.29) is 6.10 Å². The lowest BCUT2D eigenvalue weighted by molar-refractivity contribution is -0.170. The summed E-state index contributed by atoms with van der Waals surface area (Å²) >= 11 is 0. The molecule has 0 fully saturated rings. The predicted molar refractivity (Wildman–Crippen MR) is 75.6 cm³/mol. The van der Waals surface area contributed by atoms with Crippen LogP contribution in [0, 0.1) is 0 Å². The topological polar surface area (TPSA) is 90.9 Å². The Hall–Kier alpha value is -1.79. The van der Waals surface area contributed by atoms with Gasteiger partial charge in [0.15, 0.2) is 6.10 Å². The van der Waals surface area contributed by atoms with Crippen molar-refractivity contribution in [3.05, 3.63) is 0 Å². The van der Waals surface area contributed by atoms with Gasteiger partial charge in [-0.25, -0.2) is 14.4 Å². The summed E-state index contributed by atoms with van der Waals surface area (Å²) in [5.41, 5.74) is -0.665. The van der Waals surface area contributed by atoms with Crippen LogP contribution in [0.1, 0.15) is 48.5 Å². The molecule has 1 amide bonds. The Labute approximate surface area is 125 Å². The minimum atomic E-state index is -1.04. The van der Waals surface area contributed by atoms with Gasteiger partial charge in [-0.05, 0) is 48.5 Å². The zero-order chi connectivity index (χ0) is 16.8. The van der Waals surface area contributed by atoms with Crippen molar-refractivity contribution in [2.24, 2.45) is 0 Å². The Kier molecular flexibility index (Phi) is 7.18. The Bertz CT molecular complexity index is 385. The molecule has 7 heteroatoms. The molecule has 0 rings (SSSR count). The molecule has 122 valence electrons. The molecular formula is C14H25NO6. The minimum Gasteiger partial charge on any atom is -0.460 e. The number of alkyl carbamates (subject to hydrolysis) is 1. The van der Waals surface area contributed by atoms with Gasteiger partial charge in [-0.1, -0.05) is 0 Å². The molecule has 21 heavy (non-hydrogen) atoms. The summed E-state index contributed by atoms with van der Waals surface area (Å²) in [5, 5.41) is 2.33. The molecule has 0 spiro atoms. The van der Waals surface area contributed by atoms with E-state index in [1.54, 1.807) is 34.6 Å². The van der Waals surface area contributed by atoms with E-state index < -0.39 is 35.8 Å². The van der Waals surface area contributed by atoms with Crippen LogP contribution in [0.2, 0.25) is 0 Å². The molecule has 0 aromatic heterocycles. The minimum absolute atomic E-state index is 0.295. The van der Waals surface area contributed by atoms with Crippen LogP contribution in [-0.2, 0) is 23.8 Å². The molecule has 0 aliphatic heterocycles. The third kappa shape index (κ3) is 8.88. The zero-order valence-corrected chi connectivity index (χ0v) is 13.7.